The first-order valence-electron chi connectivity index (χ1n) is 8.06. The molecule has 2 aromatic heterocycles. The van der Waals surface area contributed by atoms with Crippen LogP contribution in [0.2, 0.25) is 0 Å². The fraction of sp³-hybridized carbons (Fsp3) is 0.100. The Hall–Kier alpha value is -3.54. The van der Waals surface area contributed by atoms with E-state index < -0.39 is 5.97 Å². The van der Waals surface area contributed by atoms with Gasteiger partial charge in [-0.25, -0.2) is 9.78 Å². The molecule has 0 aliphatic heterocycles. The molecule has 0 bridgehead atoms. The largest absolute Gasteiger partial charge is 0.497 e. The van der Waals surface area contributed by atoms with Gasteiger partial charge in [0.1, 0.15) is 12.0 Å². The third-order valence-electron chi connectivity index (χ3n) is 4.24. The highest BCUT2D eigenvalue weighted by Gasteiger charge is 2.16. The molecule has 0 fully saturated rings. The number of oxazole rings is 1. The summed E-state index contributed by atoms with van der Waals surface area (Å²) in [4.78, 5) is 15.1. The summed E-state index contributed by atoms with van der Waals surface area (Å²) in [6.45, 7) is 0.327. The number of methoxy groups -OCH3 is 1. The van der Waals surface area contributed by atoms with Crippen LogP contribution in [0.15, 0.2) is 65.3 Å². The van der Waals surface area contributed by atoms with E-state index in [1.165, 1.54) is 0 Å². The summed E-state index contributed by atoms with van der Waals surface area (Å²) in [7, 11) is 1.64. The zero-order valence-corrected chi connectivity index (χ0v) is 14.0. The Morgan fingerprint density at radius 2 is 2.00 bits per heavy atom. The summed E-state index contributed by atoms with van der Waals surface area (Å²) >= 11 is 0. The van der Waals surface area contributed by atoms with Crippen molar-refractivity contribution in [1.82, 2.24) is 9.55 Å². The summed E-state index contributed by atoms with van der Waals surface area (Å²) in [5.41, 5.74) is 2.93. The van der Waals surface area contributed by atoms with Crippen molar-refractivity contribution in [2.45, 2.75) is 6.54 Å². The number of aromatic carboxylic acids is 1. The smallest absolute Gasteiger partial charge is 0.357 e. The topological polar surface area (TPSA) is 77.5 Å². The molecular weight excluding hydrogens is 332 g/mol. The van der Waals surface area contributed by atoms with E-state index in [0.717, 1.165) is 34.2 Å². The number of aromatic nitrogens is 2. The minimum atomic E-state index is -1.11. The predicted octanol–water partition coefficient (Wildman–Crippen LogP) is 4.05. The van der Waals surface area contributed by atoms with Crippen LogP contribution in [-0.2, 0) is 6.54 Å². The van der Waals surface area contributed by atoms with Gasteiger partial charge >= 0.3 is 5.97 Å². The van der Waals surface area contributed by atoms with Gasteiger partial charge < -0.3 is 18.8 Å². The molecule has 4 aromatic rings. The van der Waals surface area contributed by atoms with Crippen molar-refractivity contribution in [2.24, 2.45) is 0 Å². The minimum Gasteiger partial charge on any atom is -0.497 e. The van der Waals surface area contributed by atoms with E-state index in [-0.39, 0.29) is 5.69 Å². The Morgan fingerprint density at radius 1 is 1.19 bits per heavy atom. The summed E-state index contributed by atoms with van der Waals surface area (Å²) in [6, 6.07) is 17.9. The number of ether oxygens (including phenoxy) is 1. The molecule has 0 aliphatic carbocycles. The van der Waals surface area contributed by atoms with Crippen molar-refractivity contribution < 1.29 is 19.1 Å². The lowest BCUT2D eigenvalue weighted by Crippen LogP contribution is -2.03. The minimum absolute atomic E-state index is 0.0978. The maximum Gasteiger partial charge on any atom is 0.357 e. The molecule has 0 unspecified atom stereocenters. The van der Waals surface area contributed by atoms with Crippen LogP contribution in [0, 0.1) is 0 Å². The second-order valence-electron chi connectivity index (χ2n) is 5.84. The molecule has 0 amide bonds. The first-order valence-corrected chi connectivity index (χ1v) is 8.06. The number of carboxylic acid groups (broad SMARTS) is 1. The van der Waals surface area contributed by atoms with Crippen molar-refractivity contribution in [3.63, 3.8) is 0 Å². The average molecular weight is 348 g/mol. The van der Waals surface area contributed by atoms with Crippen LogP contribution in [-0.4, -0.2) is 27.7 Å². The van der Waals surface area contributed by atoms with E-state index in [0.29, 0.717) is 12.4 Å². The molecule has 0 spiro atoms. The van der Waals surface area contributed by atoms with Crippen molar-refractivity contribution in [3.8, 4) is 17.0 Å². The van der Waals surface area contributed by atoms with Gasteiger partial charge in [0.2, 0.25) is 5.89 Å². The van der Waals surface area contributed by atoms with Crippen molar-refractivity contribution >= 4 is 16.9 Å². The molecule has 0 saturated carbocycles. The van der Waals surface area contributed by atoms with Crippen LogP contribution in [0.4, 0.5) is 0 Å². The Bertz CT molecular complexity index is 1080. The molecule has 0 aliphatic rings. The monoisotopic (exact) mass is 348 g/mol. The normalized spacial score (nSPS) is 11.0. The van der Waals surface area contributed by atoms with Crippen molar-refractivity contribution in [1.29, 1.82) is 0 Å². The third-order valence-corrected chi connectivity index (χ3v) is 4.24. The van der Waals surface area contributed by atoms with E-state index in [1.54, 1.807) is 7.11 Å². The maximum absolute atomic E-state index is 11.0. The second kappa shape index (κ2) is 6.40. The van der Waals surface area contributed by atoms with Gasteiger partial charge in [0.05, 0.1) is 13.7 Å². The van der Waals surface area contributed by atoms with Gasteiger partial charge in [0.15, 0.2) is 5.69 Å². The average Bonchev–Trinajstić information content (AvgIpc) is 3.27. The summed E-state index contributed by atoms with van der Waals surface area (Å²) < 4.78 is 12.7. The van der Waals surface area contributed by atoms with Crippen LogP contribution in [0.3, 0.4) is 0 Å². The van der Waals surface area contributed by atoms with E-state index in [4.69, 9.17) is 14.3 Å². The fourth-order valence-corrected chi connectivity index (χ4v) is 3.01. The van der Waals surface area contributed by atoms with Gasteiger partial charge in [0, 0.05) is 16.6 Å². The predicted molar refractivity (Wildman–Crippen MR) is 96.5 cm³/mol. The quantitative estimate of drug-likeness (QED) is 0.589. The Kier molecular flexibility index (Phi) is 3.93. The van der Waals surface area contributed by atoms with Gasteiger partial charge in [-0.05, 0) is 29.8 Å². The molecule has 6 nitrogen and oxygen atoms in total. The molecule has 0 atom stereocenters. The van der Waals surface area contributed by atoms with Gasteiger partial charge in [-0.2, -0.15) is 0 Å². The van der Waals surface area contributed by atoms with Crippen LogP contribution >= 0.6 is 0 Å². The molecule has 0 saturated heterocycles. The first-order chi connectivity index (χ1) is 12.7. The number of carboxylic acids is 1. The zero-order chi connectivity index (χ0) is 18.1. The molecule has 4 rings (SSSR count). The molecule has 2 aromatic carbocycles. The third kappa shape index (κ3) is 2.82. The number of benzene rings is 2. The van der Waals surface area contributed by atoms with Crippen LogP contribution < -0.4 is 4.74 Å². The lowest BCUT2D eigenvalue weighted by atomic mass is 10.1. The van der Waals surface area contributed by atoms with E-state index in [1.807, 2.05) is 48.5 Å². The number of carbonyl (C=O) groups is 1. The molecule has 6 heteroatoms. The van der Waals surface area contributed by atoms with Crippen molar-refractivity contribution in [2.75, 3.05) is 7.11 Å². The summed E-state index contributed by atoms with van der Waals surface area (Å²) in [5, 5.41) is 10.1. The molecular formula is C20H16N2O4. The summed E-state index contributed by atoms with van der Waals surface area (Å²) in [5.74, 6) is 0.0110. The van der Waals surface area contributed by atoms with E-state index in [2.05, 4.69) is 15.6 Å². The van der Waals surface area contributed by atoms with Crippen LogP contribution in [0.1, 0.15) is 16.4 Å². The Morgan fingerprint density at radius 3 is 2.69 bits per heavy atom. The van der Waals surface area contributed by atoms with Crippen LogP contribution in [0.5, 0.6) is 5.75 Å². The number of nitrogens with zero attached hydrogens (tertiary/aromatic N) is 2. The van der Waals surface area contributed by atoms with Crippen molar-refractivity contribution in [3.05, 3.63) is 72.4 Å². The lowest BCUT2D eigenvalue weighted by Gasteiger charge is -2.09. The highest BCUT2D eigenvalue weighted by molar-refractivity contribution is 5.88. The van der Waals surface area contributed by atoms with Crippen LogP contribution in [0.25, 0.3) is 22.2 Å². The first kappa shape index (κ1) is 16.0. The second-order valence-corrected chi connectivity index (χ2v) is 5.84. The Balaban J connectivity index is 1.85. The SMILES string of the molecule is COc1ccc2c(c1)cc(-c1ccccc1)n2Cc1nc(C(=O)O)co1. The fourth-order valence-electron chi connectivity index (χ4n) is 3.01. The van der Waals surface area contributed by atoms with Gasteiger partial charge in [0.25, 0.3) is 0 Å². The highest BCUT2D eigenvalue weighted by atomic mass is 16.5. The molecule has 26 heavy (non-hydrogen) atoms. The molecule has 1 N–H and O–H groups in total. The lowest BCUT2D eigenvalue weighted by molar-refractivity contribution is 0.0690. The standard InChI is InChI=1S/C20H16N2O4/c1-25-15-7-8-17-14(9-15)10-18(13-5-3-2-4-6-13)22(17)11-19-21-16(12-26-19)20(23)24/h2-10,12H,11H2,1H3,(H,23,24). The van der Waals surface area contributed by atoms with Gasteiger partial charge in [-0.3, -0.25) is 0 Å². The molecule has 2 heterocycles. The molecule has 0 radical (unpaired) electrons. The van der Waals surface area contributed by atoms with E-state index >= 15 is 0 Å². The van der Waals surface area contributed by atoms with Gasteiger partial charge in [-0.1, -0.05) is 30.3 Å². The number of fused-ring (bicyclic) bond motifs is 1. The van der Waals surface area contributed by atoms with E-state index in [9.17, 15) is 4.79 Å². The number of hydrogen-bond acceptors (Lipinski definition) is 4. The zero-order valence-electron chi connectivity index (χ0n) is 14.0. The highest BCUT2D eigenvalue weighted by Crippen LogP contribution is 2.31. The number of rotatable bonds is 5. The summed E-state index contributed by atoms with van der Waals surface area (Å²) in [6.07, 6.45) is 1.16. The number of hydrogen-bond donors (Lipinski definition) is 1. The van der Waals surface area contributed by atoms with Gasteiger partial charge in [-0.15, -0.1) is 0 Å². The maximum atomic E-state index is 11.0. The molecule has 130 valence electrons. The Labute approximate surface area is 149 Å².